The van der Waals surface area contributed by atoms with E-state index in [0.29, 0.717) is 11.8 Å². The molecule has 1 amide bonds. The highest BCUT2D eigenvalue weighted by Gasteiger charge is 2.37. The first-order valence-corrected chi connectivity index (χ1v) is 7.17. The van der Waals surface area contributed by atoms with Gasteiger partial charge in [0.25, 0.3) is 0 Å². The normalized spacial score (nSPS) is 24.6. The predicted octanol–water partition coefficient (Wildman–Crippen LogP) is 1.52. The van der Waals surface area contributed by atoms with Gasteiger partial charge in [0.05, 0.1) is 12.2 Å². The molecule has 0 aromatic heterocycles. The minimum atomic E-state index is 0.0364. The largest absolute Gasteiger partial charge is 0.326 e. The summed E-state index contributed by atoms with van der Waals surface area (Å²) in [5, 5.41) is 3.47. The number of nitrogens with one attached hydrogen (secondary N) is 1. The van der Waals surface area contributed by atoms with Gasteiger partial charge in [0.1, 0.15) is 0 Å². The van der Waals surface area contributed by atoms with Gasteiger partial charge in [0.2, 0.25) is 5.91 Å². The molecule has 0 aromatic carbocycles. The fraction of sp³-hybridized carbons (Fsp3) is 0.929. The van der Waals surface area contributed by atoms with E-state index in [4.69, 9.17) is 0 Å². The van der Waals surface area contributed by atoms with Crippen LogP contribution in [0.25, 0.3) is 0 Å². The molecule has 1 aliphatic heterocycles. The van der Waals surface area contributed by atoms with E-state index >= 15 is 0 Å². The van der Waals surface area contributed by atoms with E-state index in [1.807, 2.05) is 4.90 Å². The Morgan fingerprint density at radius 3 is 2.56 bits per heavy atom. The van der Waals surface area contributed by atoms with Gasteiger partial charge >= 0.3 is 0 Å². The maximum absolute atomic E-state index is 12.3. The Hall–Kier alpha value is -0.610. The van der Waals surface area contributed by atoms with E-state index in [1.165, 1.54) is 0 Å². The Balaban J connectivity index is 2.51. The number of rotatable bonds is 7. The molecule has 0 radical (unpaired) electrons. The zero-order valence-corrected chi connectivity index (χ0v) is 12.6. The first-order valence-electron chi connectivity index (χ1n) is 7.17. The fourth-order valence-corrected chi connectivity index (χ4v) is 2.55. The van der Waals surface area contributed by atoms with Crippen molar-refractivity contribution in [3.8, 4) is 0 Å². The molecular weight excluding hydrogens is 226 g/mol. The lowest BCUT2D eigenvalue weighted by atomic mass is 10.0. The smallest absolute Gasteiger partial charge is 0.241 e. The lowest BCUT2D eigenvalue weighted by molar-refractivity contribution is -0.130. The van der Waals surface area contributed by atoms with Crippen LogP contribution in [0, 0.1) is 5.92 Å². The second kappa shape index (κ2) is 7.10. The van der Waals surface area contributed by atoms with Crippen molar-refractivity contribution in [1.82, 2.24) is 15.1 Å². The van der Waals surface area contributed by atoms with Gasteiger partial charge in [-0.3, -0.25) is 10.1 Å². The third kappa shape index (κ3) is 4.25. The summed E-state index contributed by atoms with van der Waals surface area (Å²) in [6.07, 6.45) is 3.22. The molecule has 4 heteroatoms. The summed E-state index contributed by atoms with van der Waals surface area (Å²) in [7, 11) is 4.14. The van der Waals surface area contributed by atoms with Crippen LogP contribution >= 0.6 is 0 Å². The summed E-state index contributed by atoms with van der Waals surface area (Å²) in [6.45, 7) is 8.39. The van der Waals surface area contributed by atoms with Crippen LogP contribution in [-0.2, 0) is 4.79 Å². The third-order valence-electron chi connectivity index (χ3n) is 3.45. The number of amides is 1. The van der Waals surface area contributed by atoms with Crippen molar-refractivity contribution in [2.75, 3.05) is 27.2 Å². The van der Waals surface area contributed by atoms with E-state index in [2.05, 4.69) is 45.1 Å². The highest BCUT2D eigenvalue weighted by atomic mass is 16.2. The average molecular weight is 255 g/mol. The monoisotopic (exact) mass is 255 g/mol. The topological polar surface area (TPSA) is 35.6 Å². The van der Waals surface area contributed by atoms with Crippen molar-refractivity contribution < 1.29 is 4.79 Å². The Morgan fingerprint density at radius 2 is 2.06 bits per heavy atom. The number of carbonyl (C=O) groups excluding carboxylic acids is 1. The standard InChI is InChI=1S/C14H29N3O/c1-6-13-15-12(10-11(2)3)14(18)17(13)9-7-8-16(4)5/h11-13,15H,6-10H2,1-5H3. The van der Waals surface area contributed by atoms with E-state index in [-0.39, 0.29) is 12.2 Å². The fourth-order valence-electron chi connectivity index (χ4n) is 2.55. The van der Waals surface area contributed by atoms with Crippen molar-refractivity contribution in [2.24, 2.45) is 5.92 Å². The molecule has 1 fully saturated rings. The van der Waals surface area contributed by atoms with Gasteiger partial charge in [-0.2, -0.15) is 0 Å². The maximum Gasteiger partial charge on any atom is 0.241 e. The van der Waals surface area contributed by atoms with Crippen LogP contribution in [0.1, 0.15) is 40.0 Å². The molecule has 1 N–H and O–H groups in total. The summed E-state index contributed by atoms with van der Waals surface area (Å²) >= 11 is 0. The molecule has 0 bridgehead atoms. The summed E-state index contributed by atoms with van der Waals surface area (Å²) in [5.41, 5.74) is 0. The van der Waals surface area contributed by atoms with Crippen LogP contribution in [0.4, 0.5) is 0 Å². The van der Waals surface area contributed by atoms with Gasteiger partial charge in [-0.1, -0.05) is 20.8 Å². The van der Waals surface area contributed by atoms with Crippen LogP contribution in [0.5, 0.6) is 0 Å². The lowest BCUT2D eigenvalue weighted by Gasteiger charge is -2.23. The molecule has 0 saturated carbocycles. The molecule has 1 saturated heterocycles. The second-order valence-electron chi connectivity index (χ2n) is 5.96. The molecule has 2 atom stereocenters. The minimum Gasteiger partial charge on any atom is -0.326 e. The van der Waals surface area contributed by atoms with E-state index in [9.17, 15) is 4.79 Å². The van der Waals surface area contributed by atoms with E-state index in [1.54, 1.807) is 0 Å². The number of hydrogen-bond acceptors (Lipinski definition) is 3. The third-order valence-corrected chi connectivity index (χ3v) is 3.45. The van der Waals surface area contributed by atoms with Gasteiger partial charge in [0.15, 0.2) is 0 Å². The van der Waals surface area contributed by atoms with Crippen molar-refractivity contribution in [3.63, 3.8) is 0 Å². The highest BCUT2D eigenvalue weighted by molar-refractivity contribution is 5.84. The maximum atomic E-state index is 12.3. The van der Waals surface area contributed by atoms with Crippen LogP contribution in [0.15, 0.2) is 0 Å². The van der Waals surface area contributed by atoms with Crippen LogP contribution in [0.3, 0.4) is 0 Å². The zero-order valence-electron chi connectivity index (χ0n) is 12.6. The summed E-state index contributed by atoms with van der Waals surface area (Å²) in [5.74, 6) is 0.861. The SMILES string of the molecule is CCC1NC(CC(C)C)C(=O)N1CCCN(C)C. The Bertz CT molecular complexity index is 266. The first kappa shape index (κ1) is 15.4. The van der Waals surface area contributed by atoms with Crippen molar-refractivity contribution in [1.29, 1.82) is 0 Å². The molecule has 0 spiro atoms. The van der Waals surface area contributed by atoms with Crippen LogP contribution < -0.4 is 5.32 Å². The Kier molecular flexibility index (Phi) is 6.09. The molecule has 0 aromatic rings. The van der Waals surface area contributed by atoms with Gasteiger partial charge < -0.3 is 9.80 Å². The first-order chi connectivity index (χ1) is 8.45. The molecule has 4 nitrogen and oxygen atoms in total. The van der Waals surface area contributed by atoms with Crippen LogP contribution in [-0.4, -0.2) is 55.1 Å². The summed E-state index contributed by atoms with van der Waals surface area (Å²) < 4.78 is 0. The zero-order chi connectivity index (χ0) is 13.7. The molecule has 1 heterocycles. The van der Waals surface area contributed by atoms with Gasteiger partial charge in [0, 0.05) is 6.54 Å². The quantitative estimate of drug-likeness (QED) is 0.749. The molecule has 2 unspecified atom stereocenters. The van der Waals surface area contributed by atoms with E-state index < -0.39 is 0 Å². The number of hydrogen-bond donors (Lipinski definition) is 1. The molecule has 0 aliphatic carbocycles. The Morgan fingerprint density at radius 1 is 1.39 bits per heavy atom. The lowest BCUT2D eigenvalue weighted by Crippen LogP contribution is -2.38. The summed E-state index contributed by atoms with van der Waals surface area (Å²) in [6, 6.07) is 0.0364. The average Bonchev–Trinajstić information content (AvgIpc) is 2.56. The van der Waals surface area contributed by atoms with Crippen molar-refractivity contribution >= 4 is 5.91 Å². The van der Waals surface area contributed by atoms with Gasteiger partial charge in [-0.05, 0) is 45.8 Å². The number of carbonyl (C=O) groups is 1. The van der Waals surface area contributed by atoms with Crippen molar-refractivity contribution in [2.45, 2.75) is 52.2 Å². The highest BCUT2D eigenvalue weighted by Crippen LogP contribution is 2.19. The molecule has 18 heavy (non-hydrogen) atoms. The minimum absolute atomic E-state index is 0.0364. The molecule has 1 rings (SSSR count). The van der Waals surface area contributed by atoms with Gasteiger partial charge in [-0.15, -0.1) is 0 Å². The van der Waals surface area contributed by atoms with Crippen LogP contribution in [0.2, 0.25) is 0 Å². The number of nitrogens with zero attached hydrogens (tertiary/aromatic N) is 2. The summed E-state index contributed by atoms with van der Waals surface area (Å²) in [4.78, 5) is 16.5. The second-order valence-corrected chi connectivity index (χ2v) is 5.96. The molecule has 1 aliphatic rings. The Labute approximate surface area is 112 Å². The molecular formula is C14H29N3O. The molecule has 106 valence electrons. The van der Waals surface area contributed by atoms with E-state index in [0.717, 1.165) is 32.4 Å². The van der Waals surface area contributed by atoms with Crippen molar-refractivity contribution in [3.05, 3.63) is 0 Å². The van der Waals surface area contributed by atoms with Gasteiger partial charge in [-0.25, -0.2) is 0 Å². The predicted molar refractivity (Wildman–Crippen MR) is 75.3 cm³/mol.